The summed E-state index contributed by atoms with van der Waals surface area (Å²) in [5, 5.41) is -0.533. The normalized spacial score (nSPS) is 18.3. The lowest BCUT2D eigenvalue weighted by Gasteiger charge is -2.40. The van der Waals surface area contributed by atoms with Gasteiger partial charge in [-0.25, -0.2) is 0 Å². The second-order valence-corrected chi connectivity index (χ2v) is 8.86. The number of amides is 1. The third-order valence-corrected chi connectivity index (χ3v) is 6.92. The van der Waals surface area contributed by atoms with Crippen molar-refractivity contribution in [2.45, 2.75) is 25.1 Å². The van der Waals surface area contributed by atoms with Gasteiger partial charge in [-0.3, -0.25) is 23.5 Å². The molecule has 1 saturated heterocycles. The Bertz CT molecular complexity index is 1080. The Morgan fingerprint density at radius 1 is 0.968 bits per heavy atom. The molecule has 2 atom stereocenters. The van der Waals surface area contributed by atoms with Crippen LogP contribution in [0.3, 0.4) is 0 Å². The van der Waals surface area contributed by atoms with E-state index in [1.807, 2.05) is 11.8 Å². The topological polar surface area (TPSA) is 97.8 Å². The van der Waals surface area contributed by atoms with Gasteiger partial charge in [0.1, 0.15) is 0 Å². The maximum atomic E-state index is 13.0. The lowest BCUT2D eigenvalue weighted by atomic mass is 9.83. The number of piperazine rings is 1. The molecule has 0 radical (unpaired) electrons. The predicted molar refractivity (Wildman–Crippen MR) is 115 cm³/mol. The average Bonchev–Trinajstić information content (AvgIpc) is 2.80. The summed E-state index contributed by atoms with van der Waals surface area (Å²) < 4.78 is 23.1. The molecule has 0 aromatic heterocycles. The highest BCUT2D eigenvalue weighted by atomic mass is 32.2. The largest absolute Gasteiger partial charge is 0.771 e. The number of hydrogen-bond donors (Lipinski definition) is 0. The number of hydrogen-bond acceptors (Lipinski definition) is 6. The molecular formula is C23H23N2O5S-. The number of carbonyl (C=O) groups is 3. The Labute approximate surface area is 183 Å². The Morgan fingerprint density at radius 3 is 2.13 bits per heavy atom. The number of benzene rings is 2. The van der Waals surface area contributed by atoms with Crippen LogP contribution in [0.1, 0.15) is 62.0 Å². The van der Waals surface area contributed by atoms with Gasteiger partial charge in [0.15, 0.2) is 11.6 Å². The maximum absolute atomic E-state index is 13.0. The van der Waals surface area contributed by atoms with E-state index in [1.54, 1.807) is 41.3 Å². The molecule has 1 fully saturated rings. The average molecular weight is 440 g/mol. The second-order valence-electron chi connectivity index (χ2n) is 7.80. The van der Waals surface area contributed by atoms with E-state index >= 15 is 0 Å². The van der Waals surface area contributed by atoms with E-state index in [0.29, 0.717) is 54.9 Å². The highest BCUT2D eigenvalue weighted by Gasteiger charge is 2.31. The molecule has 0 N–H and O–H groups in total. The molecule has 1 aliphatic heterocycles. The summed E-state index contributed by atoms with van der Waals surface area (Å²) in [5.74, 6) is -0.702. The molecule has 7 nitrogen and oxygen atoms in total. The Hall–Kier alpha value is -2.68. The molecule has 2 unspecified atom stereocenters. The van der Waals surface area contributed by atoms with Crippen molar-refractivity contribution in [1.29, 1.82) is 0 Å². The summed E-state index contributed by atoms with van der Waals surface area (Å²) >= 11 is -2.18. The number of nitrogens with zero attached hydrogens (tertiary/aromatic N) is 2. The zero-order valence-electron chi connectivity index (χ0n) is 17.2. The molecule has 162 valence electrons. The van der Waals surface area contributed by atoms with E-state index in [4.69, 9.17) is 0 Å². The van der Waals surface area contributed by atoms with Crippen molar-refractivity contribution in [3.8, 4) is 0 Å². The first-order valence-corrected chi connectivity index (χ1v) is 11.5. The quantitative estimate of drug-likeness (QED) is 0.566. The van der Waals surface area contributed by atoms with Gasteiger partial charge in [0.2, 0.25) is 0 Å². The first-order valence-electron chi connectivity index (χ1n) is 10.4. The fourth-order valence-corrected chi connectivity index (χ4v) is 5.16. The third kappa shape index (κ3) is 3.98. The van der Waals surface area contributed by atoms with Crippen molar-refractivity contribution in [3.63, 3.8) is 0 Å². The smallest absolute Gasteiger partial charge is 0.253 e. The third-order valence-electron chi connectivity index (χ3n) is 5.94. The van der Waals surface area contributed by atoms with Gasteiger partial charge in [0.05, 0.1) is 5.37 Å². The molecule has 0 bridgehead atoms. The van der Waals surface area contributed by atoms with Crippen LogP contribution in [-0.2, 0) is 11.1 Å². The predicted octanol–water partition coefficient (Wildman–Crippen LogP) is 2.23. The molecular weight excluding hydrogens is 416 g/mol. The van der Waals surface area contributed by atoms with Crippen molar-refractivity contribution >= 4 is 28.6 Å². The van der Waals surface area contributed by atoms with Crippen LogP contribution in [0.25, 0.3) is 0 Å². The summed E-state index contributed by atoms with van der Waals surface area (Å²) in [6, 6.07) is 11.3. The Morgan fingerprint density at radius 2 is 1.55 bits per heavy atom. The second kappa shape index (κ2) is 8.82. The van der Waals surface area contributed by atoms with Crippen LogP contribution < -0.4 is 0 Å². The number of ketones is 2. The Balaban J connectivity index is 1.52. The van der Waals surface area contributed by atoms with E-state index in [-0.39, 0.29) is 23.0 Å². The summed E-state index contributed by atoms with van der Waals surface area (Å²) in [6.07, 6.45) is 1.33. The van der Waals surface area contributed by atoms with Gasteiger partial charge in [-0.1, -0.05) is 37.6 Å². The fourth-order valence-electron chi connectivity index (χ4n) is 4.28. The van der Waals surface area contributed by atoms with E-state index < -0.39 is 16.5 Å². The van der Waals surface area contributed by atoms with Gasteiger partial charge in [0, 0.05) is 54.0 Å². The van der Waals surface area contributed by atoms with Gasteiger partial charge in [-0.2, -0.15) is 0 Å². The summed E-state index contributed by atoms with van der Waals surface area (Å²) in [5.41, 5.74) is 1.65. The van der Waals surface area contributed by atoms with E-state index in [1.165, 1.54) is 6.07 Å². The maximum Gasteiger partial charge on any atom is 0.253 e. The minimum absolute atomic E-state index is 0.217. The number of rotatable bonds is 5. The highest BCUT2D eigenvalue weighted by Crippen LogP contribution is 2.28. The van der Waals surface area contributed by atoms with Crippen LogP contribution in [0.4, 0.5) is 0 Å². The SMILES string of the molecule is CCCC(N1CCN(C(=O)c2ccc3c(c2)C(=O)c2ccccc2C3=O)CC1)S(=O)[O-]. The molecule has 1 amide bonds. The van der Waals surface area contributed by atoms with Crippen molar-refractivity contribution in [2.75, 3.05) is 26.2 Å². The molecule has 0 saturated carbocycles. The summed E-state index contributed by atoms with van der Waals surface area (Å²) in [4.78, 5) is 42.2. The zero-order chi connectivity index (χ0) is 22.1. The minimum atomic E-state index is -2.18. The lowest BCUT2D eigenvalue weighted by Crippen LogP contribution is -2.53. The first kappa shape index (κ1) is 21.5. The van der Waals surface area contributed by atoms with Crippen molar-refractivity contribution in [2.24, 2.45) is 0 Å². The lowest BCUT2D eigenvalue weighted by molar-refractivity contribution is 0.0614. The molecule has 1 heterocycles. The van der Waals surface area contributed by atoms with Gasteiger partial charge in [-0.05, 0) is 35.7 Å². The highest BCUT2D eigenvalue weighted by molar-refractivity contribution is 7.79. The van der Waals surface area contributed by atoms with Gasteiger partial charge >= 0.3 is 0 Å². The summed E-state index contributed by atoms with van der Waals surface area (Å²) in [6.45, 7) is 3.70. The Kier molecular flexibility index (Phi) is 6.13. The first-order chi connectivity index (χ1) is 14.9. The van der Waals surface area contributed by atoms with Crippen LogP contribution in [0.2, 0.25) is 0 Å². The molecule has 1 aliphatic carbocycles. The number of carbonyl (C=O) groups excluding carboxylic acids is 3. The van der Waals surface area contributed by atoms with Crippen molar-refractivity contribution < 1.29 is 23.1 Å². The van der Waals surface area contributed by atoms with Crippen LogP contribution in [-0.4, -0.2) is 67.6 Å². The van der Waals surface area contributed by atoms with Gasteiger partial charge in [0.25, 0.3) is 5.91 Å². The fraction of sp³-hybridized carbons (Fsp3) is 0.348. The van der Waals surface area contributed by atoms with E-state index in [2.05, 4.69) is 0 Å². The molecule has 2 aliphatic rings. The summed E-state index contributed by atoms with van der Waals surface area (Å²) in [7, 11) is 0. The van der Waals surface area contributed by atoms with Gasteiger partial charge in [-0.15, -0.1) is 0 Å². The van der Waals surface area contributed by atoms with Crippen LogP contribution >= 0.6 is 0 Å². The van der Waals surface area contributed by atoms with Crippen molar-refractivity contribution in [3.05, 3.63) is 70.3 Å². The molecule has 2 aromatic rings. The van der Waals surface area contributed by atoms with Crippen LogP contribution in [0.15, 0.2) is 42.5 Å². The molecule has 4 rings (SSSR count). The van der Waals surface area contributed by atoms with Gasteiger partial charge < -0.3 is 9.45 Å². The minimum Gasteiger partial charge on any atom is -0.771 e. The van der Waals surface area contributed by atoms with E-state index in [9.17, 15) is 23.1 Å². The molecule has 2 aromatic carbocycles. The van der Waals surface area contributed by atoms with Crippen LogP contribution in [0.5, 0.6) is 0 Å². The number of fused-ring (bicyclic) bond motifs is 2. The zero-order valence-corrected chi connectivity index (χ0v) is 18.0. The van der Waals surface area contributed by atoms with E-state index in [0.717, 1.165) is 6.42 Å². The molecule has 8 heteroatoms. The van der Waals surface area contributed by atoms with Crippen molar-refractivity contribution in [1.82, 2.24) is 9.80 Å². The molecule has 0 spiro atoms. The monoisotopic (exact) mass is 439 g/mol. The standard InChI is InChI=1S/C23H24N2O5S/c1-2-5-20(31(29)30)24-10-12-25(13-11-24)23(28)15-8-9-18-19(14-15)22(27)17-7-4-3-6-16(17)21(18)26/h3-4,6-9,14,20H,2,5,10-13H2,1H3,(H,29,30)/p-1. The van der Waals surface area contributed by atoms with Crippen LogP contribution in [0, 0.1) is 0 Å². The molecule has 31 heavy (non-hydrogen) atoms.